The highest BCUT2D eigenvalue weighted by Crippen LogP contribution is 2.28. The normalized spacial score (nSPS) is 19.1. The van der Waals surface area contributed by atoms with Crippen LogP contribution in [0, 0.1) is 11.3 Å². The van der Waals surface area contributed by atoms with Crippen molar-refractivity contribution in [1.82, 2.24) is 0 Å². The molecule has 0 saturated heterocycles. The van der Waals surface area contributed by atoms with E-state index in [4.69, 9.17) is 5.53 Å². The van der Waals surface area contributed by atoms with Crippen molar-refractivity contribution in [3.63, 3.8) is 0 Å². The van der Waals surface area contributed by atoms with E-state index in [2.05, 4.69) is 4.79 Å². The molecule has 0 amide bonds. The highest BCUT2D eigenvalue weighted by Gasteiger charge is 2.41. The van der Waals surface area contributed by atoms with Gasteiger partial charge in [-0.3, -0.25) is 9.00 Å². The monoisotopic (exact) mass is 271 g/mol. The van der Waals surface area contributed by atoms with E-state index in [9.17, 15) is 13.6 Å². The minimum Gasteiger partial charge on any atom is -0.772 e. The maximum Gasteiger partial charge on any atom is 0.338 e. The number of Topliss-reactive ketones (excluding diaryl/α,β-unsaturated/α-hetero) is 1. The second-order valence-corrected chi connectivity index (χ2v) is 6.38. The van der Waals surface area contributed by atoms with Crippen molar-refractivity contribution in [3.8, 4) is 0 Å². The lowest BCUT2D eigenvalue weighted by Crippen LogP contribution is -2.40. The van der Waals surface area contributed by atoms with Crippen LogP contribution in [0.1, 0.15) is 46.0 Å². The Morgan fingerprint density at radius 2 is 1.94 bits per heavy atom. The van der Waals surface area contributed by atoms with Crippen LogP contribution in [0.4, 0.5) is 0 Å². The van der Waals surface area contributed by atoms with Gasteiger partial charge in [-0.2, -0.15) is 4.79 Å². The van der Waals surface area contributed by atoms with Crippen LogP contribution < -0.4 is 0 Å². The number of rotatable bonds is 5. The molecule has 0 aromatic carbocycles. The summed E-state index contributed by atoms with van der Waals surface area (Å²) in [4.78, 5) is 15.4. The summed E-state index contributed by atoms with van der Waals surface area (Å²) in [6.45, 7) is 3.14. The molecular formula is C12H19N2O3S-. The maximum atomic E-state index is 12.3. The molecule has 0 aromatic heterocycles. The van der Waals surface area contributed by atoms with Crippen LogP contribution in [0.5, 0.6) is 0 Å². The molecule has 0 N–H and O–H groups in total. The predicted molar refractivity (Wildman–Crippen MR) is 67.8 cm³/mol. The molecule has 1 rings (SSSR count). The molecule has 1 saturated carbocycles. The minimum atomic E-state index is -2.29. The Balaban J connectivity index is 2.85. The smallest absolute Gasteiger partial charge is 0.338 e. The third-order valence-corrected chi connectivity index (χ3v) is 4.38. The minimum absolute atomic E-state index is 0.0318. The third-order valence-electron chi connectivity index (χ3n) is 3.43. The summed E-state index contributed by atoms with van der Waals surface area (Å²) < 4.78 is 21.5. The lowest BCUT2D eigenvalue weighted by Gasteiger charge is -2.25. The quantitative estimate of drug-likeness (QED) is 0.329. The Kier molecular flexibility index (Phi) is 5.38. The van der Waals surface area contributed by atoms with Crippen LogP contribution in [0.2, 0.25) is 0 Å². The first-order chi connectivity index (χ1) is 8.38. The first kappa shape index (κ1) is 15.2. The van der Waals surface area contributed by atoms with Gasteiger partial charge in [-0.05, 0) is 12.8 Å². The van der Waals surface area contributed by atoms with Crippen LogP contribution in [0.25, 0.3) is 5.53 Å². The standard InChI is InChI=1S/C12H20N2O3S/c1-12(2,8-18(16)17)11(15)10(14-13)9-6-4-3-5-7-9/h9H,3-8H2,1-2H3,(H,16,17)/p-1. The van der Waals surface area contributed by atoms with Crippen LogP contribution >= 0.6 is 0 Å². The highest BCUT2D eigenvalue weighted by molar-refractivity contribution is 7.79. The van der Waals surface area contributed by atoms with Crippen molar-refractivity contribution >= 4 is 22.6 Å². The molecule has 0 aliphatic heterocycles. The first-order valence-electron chi connectivity index (χ1n) is 6.21. The van der Waals surface area contributed by atoms with Gasteiger partial charge < -0.3 is 10.1 Å². The van der Waals surface area contributed by atoms with Crippen molar-refractivity contribution in [2.24, 2.45) is 11.3 Å². The molecule has 5 nitrogen and oxygen atoms in total. The first-order valence-corrected chi connectivity index (χ1v) is 7.45. The molecule has 0 spiro atoms. The van der Waals surface area contributed by atoms with Crippen molar-refractivity contribution in [2.75, 3.05) is 5.75 Å². The summed E-state index contributed by atoms with van der Waals surface area (Å²) >= 11 is -2.29. The molecule has 1 aliphatic rings. The third kappa shape index (κ3) is 3.83. The molecule has 1 atom stereocenters. The molecule has 0 bridgehead atoms. The number of ketones is 1. The Morgan fingerprint density at radius 3 is 2.39 bits per heavy atom. The number of nitrogens with zero attached hydrogens (tertiary/aromatic N) is 2. The van der Waals surface area contributed by atoms with Gasteiger partial charge in [0.05, 0.1) is 5.92 Å². The molecular weight excluding hydrogens is 252 g/mol. The lowest BCUT2D eigenvalue weighted by atomic mass is 9.78. The zero-order chi connectivity index (χ0) is 13.8. The van der Waals surface area contributed by atoms with Gasteiger partial charge in [0.1, 0.15) is 0 Å². The second-order valence-electron chi connectivity index (χ2n) is 5.48. The molecule has 1 aliphatic carbocycles. The van der Waals surface area contributed by atoms with E-state index in [0.29, 0.717) is 0 Å². The van der Waals surface area contributed by atoms with Gasteiger partial charge in [-0.15, -0.1) is 0 Å². The Morgan fingerprint density at radius 1 is 1.39 bits per heavy atom. The average Bonchev–Trinajstić information content (AvgIpc) is 2.29. The molecule has 0 heterocycles. The van der Waals surface area contributed by atoms with E-state index in [1.807, 2.05) is 0 Å². The summed E-state index contributed by atoms with van der Waals surface area (Å²) in [6.07, 6.45) is 4.84. The molecule has 0 aromatic rings. The van der Waals surface area contributed by atoms with Gasteiger partial charge in [0.15, 0.2) is 0 Å². The Labute approximate surface area is 110 Å². The predicted octanol–water partition coefficient (Wildman–Crippen LogP) is 1.71. The number of carbonyl (C=O) groups is 1. The number of hydrogen-bond acceptors (Lipinski definition) is 3. The maximum absolute atomic E-state index is 12.3. The van der Waals surface area contributed by atoms with Crippen molar-refractivity contribution in [3.05, 3.63) is 5.53 Å². The van der Waals surface area contributed by atoms with Gasteiger partial charge in [-0.1, -0.05) is 44.2 Å². The van der Waals surface area contributed by atoms with Crippen molar-refractivity contribution in [1.29, 1.82) is 0 Å². The van der Waals surface area contributed by atoms with Crippen molar-refractivity contribution in [2.45, 2.75) is 46.0 Å². The van der Waals surface area contributed by atoms with Gasteiger partial charge in [-0.25, -0.2) is 0 Å². The summed E-state index contributed by atoms with van der Waals surface area (Å²) in [5.41, 5.74) is 8.17. The molecule has 6 heteroatoms. The Hall–Kier alpha value is -0.840. The summed E-state index contributed by atoms with van der Waals surface area (Å²) in [7, 11) is 0. The second kappa shape index (κ2) is 6.36. The van der Waals surface area contributed by atoms with Gasteiger partial charge >= 0.3 is 5.71 Å². The van der Waals surface area contributed by atoms with E-state index >= 15 is 0 Å². The molecule has 1 unspecified atom stereocenters. The topological polar surface area (TPSA) is 93.6 Å². The average molecular weight is 271 g/mol. The van der Waals surface area contributed by atoms with E-state index in [-0.39, 0.29) is 23.2 Å². The van der Waals surface area contributed by atoms with Gasteiger partial charge in [0, 0.05) is 11.2 Å². The van der Waals surface area contributed by atoms with Crippen LogP contribution in [-0.4, -0.2) is 30.8 Å². The zero-order valence-corrected chi connectivity index (χ0v) is 11.7. The Bertz CT molecular complexity index is 394. The van der Waals surface area contributed by atoms with E-state index in [0.717, 1.165) is 32.1 Å². The lowest BCUT2D eigenvalue weighted by molar-refractivity contribution is -0.124. The van der Waals surface area contributed by atoms with Gasteiger partial charge in [0.2, 0.25) is 5.78 Å². The molecule has 18 heavy (non-hydrogen) atoms. The number of hydrogen-bond donors (Lipinski definition) is 0. The fraction of sp³-hybridized carbons (Fsp3) is 0.833. The zero-order valence-electron chi connectivity index (χ0n) is 10.8. The molecule has 1 fully saturated rings. The summed E-state index contributed by atoms with van der Waals surface area (Å²) in [5, 5.41) is 0. The molecule has 102 valence electrons. The van der Waals surface area contributed by atoms with E-state index in [1.165, 1.54) is 0 Å². The van der Waals surface area contributed by atoms with Gasteiger partial charge in [0.25, 0.3) is 0 Å². The summed E-state index contributed by atoms with van der Waals surface area (Å²) in [5.74, 6) is -0.644. The van der Waals surface area contributed by atoms with E-state index in [1.54, 1.807) is 13.8 Å². The SMILES string of the molecule is CC(C)(CS(=O)[O-])C(=O)C(=[N+]=[N-])C1CCCCC1. The van der Waals surface area contributed by atoms with Crippen LogP contribution in [0.3, 0.4) is 0 Å². The highest BCUT2D eigenvalue weighted by atomic mass is 32.2. The van der Waals surface area contributed by atoms with Crippen LogP contribution in [0.15, 0.2) is 0 Å². The molecule has 0 radical (unpaired) electrons. The number of carbonyl (C=O) groups excluding carboxylic acids is 1. The fourth-order valence-corrected chi connectivity index (χ4v) is 3.12. The summed E-state index contributed by atoms with van der Waals surface area (Å²) in [6, 6.07) is 0. The fourth-order valence-electron chi connectivity index (χ4n) is 2.40. The van der Waals surface area contributed by atoms with Crippen molar-refractivity contribution < 1.29 is 18.3 Å². The van der Waals surface area contributed by atoms with E-state index < -0.39 is 16.5 Å². The van der Waals surface area contributed by atoms with Crippen LogP contribution in [-0.2, 0) is 15.9 Å². The largest absolute Gasteiger partial charge is 0.772 e.